The number of unbranched alkanes of at least 4 members (excludes halogenated alkanes) is 31. The summed E-state index contributed by atoms with van der Waals surface area (Å²) in [7, 11) is 0. The third-order valence-electron chi connectivity index (χ3n) is 14.7. The zero-order valence-corrected chi connectivity index (χ0v) is 47.0. The molecule has 0 aromatic rings. The van der Waals surface area contributed by atoms with Gasteiger partial charge in [0.2, 0.25) is 0 Å². The van der Waals surface area contributed by atoms with Gasteiger partial charge in [0, 0.05) is 12.8 Å². The lowest BCUT2D eigenvalue weighted by Crippen LogP contribution is -2.61. The predicted molar refractivity (Wildman–Crippen MR) is 294 cm³/mol. The largest absolute Gasteiger partial charge is 0.462 e. The van der Waals surface area contributed by atoms with Gasteiger partial charge in [-0.25, -0.2) is 0 Å². The third kappa shape index (κ3) is 33.9. The average molecular weight is 1070 g/mol. The number of ether oxygens (including phenoxy) is 6. The second kappa shape index (κ2) is 46.9. The summed E-state index contributed by atoms with van der Waals surface area (Å²) in [6, 6.07) is 0. The van der Waals surface area contributed by atoms with Gasteiger partial charge < -0.3 is 64.2 Å². The SMILES string of the molecule is CCCCC/C=C\C/C=C\CCCCCCCCCCCC(=O)OC(COC(=O)CCCCCCCCCCCCCCCCCCCCCC)COC1OC(COC2OC(CO)C(O)C(O)C2O)C(O)C(O)C1O. The fourth-order valence-corrected chi connectivity index (χ4v) is 9.72. The van der Waals surface area contributed by atoms with Crippen molar-refractivity contribution in [3.8, 4) is 0 Å². The summed E-state index contributed by atoms with van der Waals surface area (Å²) in [5.41, 5.74) is 0. The Balaban J connectivity index is 1.73. The maximum absolute atomic E-state index is 13.1. The van der Waals surface area contributed by atoms with Gasteiger partial charge >= 0.3 is 11.9 Å². The number of hydrogen-bond acceptors (Lipinski definition) is 15. The van der Waals surface area contributed by atoms with E-state index in [4.69, 9.17) is 28.4 Å². The first-order chi connectivity index (χ1) is 36.5. The Labute approximate surface area is 453 Å². The van der Waals surface area contributed by atoms with Crippen LogP contribution < -0.4 is 0 Å². The molecular formula is C60H110O15. The molecule has 0 saturated carbocycles. The van der Waals surface area contributed by atoms with Gasteiger partial charge in [0.05, 0.1) is 19.8 Å². The molecule has 15 nitrogen and oxygen atoms in total. The standard InChI is InChI=1S/C60H110O15/c1-3-5-7-9-11-13-15-17-19-21-23-25-26-28-30-32-34-36-38-40-42-51(62)70-45-48(73-52(63)43-41-39-37-35-33-31-29-27-24-22-20-18-16-14-12-10-8-6-4-2)46-71-59-58(69)56(67)54(65)50(75-59)47-72-60-57(68)55(66)53(64)49(44-61)74-60/h12,14,18,20,48-50,53-61,64-69H,3-11,13,15-17,19,21-47H2,1-2H3/b14-12-,20-18-. The average Bonchev–Trinajstić information content (AvgIpc) is 3.40. The summed E-state index contributed by atoms with van der Waals surface area (Å²) >= 11 is 0. The van der Waals surface area contributed by atoms with Crippen LogP contribution in [0.15, 0.2) is 24.3 Å². The summed E-state index contributed by atoms with van der Waals surface area (Å²) in [6.45, 7) is 2.62. The fraction of sp³-hybridized carbons (Fsp3) is 0.900. The molecule has 11 atom stereocenters. The summed E-state index contributed by atoms with van der Waals surface area (Å²) < 4.78 is 33.7. The molecule has 15 heteroatoms. The van der Waals surface area contributed by atoms with Crippen LogP contribution in [0.1, 0.15) is 251 Å². The van der Waals surface area contributed by atoms with E-state index in [1.54, 1.807) is 0 Å². The molecule has 440 valence electrons. The molecule has 0 radical (unpaired) electrons. The number of aliphatic hydroxyl groups excluding tert-OH is 7. The molecular weight excluding hydrogens is 961 g/mol. The van der Waals surface area contributed by atoms with Crippen LogP contribution in [-0.4, -0.2) is 142 Å². The van der Waals surface area contributed by atoms with Gasteiger partial charge in [-0.3, -0.25) is 9.59 Å². The first-order valence-corrected chi connectivity index (χ1v) is 30.4. The van der Waals surface area contributed by atoms with Crippen LogP contribution in [0.4, 0.5) is 0 Å². The smallest absolute Gasteiger partial charge is 0.306 e. The molecule has 7 N–H and O–H groups in total. The van der Waals surface area contributed by atoms with Gasteiger partial charge in [0.1, 0.15) is 55.4 Å². The lowest BCUT2D eigenvalue weighted by atomic mass is 9.98. The van der Waals surface area contributed by atoms with Crippen LogP contribution >= 0.6 is 0 Å². The maximum Gasteiger partial charge on any atom is 0.306 e. The molecule has 0 aliphatic carbocycles. The molecule has 0 spiro atoms. The number of carbonyl (C=O) groups is 2. The van der Waals surface area contributed by atoms with Crippen molar-refractivity contribution in [2.45, 2.75) is 319 Å². The van der Waals surface area contributed by atoms with Gasteiger partial charge in [0.25, 0.3) is 0 Å². The first-order valence-electron chi connectivity index (χ1n) is 30.4. The minimum absolute atomic E-state index is 0.164. The summed E-state index contributed by atoms with van der Waals surface area (Å²) in [5, 5.41) is 72.3. The minimum atomic E-state index is -1.76. The van der Waals surface area contributed by atoms with E-state index in [1.165, 1.54) is 154 Å². The Hall–Kier alpha value is -2.02. The number of rotatable bonds is 49. The van der Waals surface area contributed by atoms with Gasteiger partial charge in [-0.15, -0.1) is 0 Å². The van der Waals surface area contributed by atoms with Crippen molar-refractivity contribution < 1.29 is 73.8 Å². The topological polar surface area (TPSA) is 231 Å². The molecule has 2 saturated heterocycles. The fourth-order valence-electron chi connectivity index (χ4n) is 9.72. The van der Waals surface area contributed by atoms with Gasteiger partial charge in [-0.1, -0.05) is 218 Å². The number of carbonyl (C=O) groups excluding carboxylic acids is 2. The second-order valence-electron chi connectivity index (χ2n) is 21.5. The summed E-state index contributed by atoms with van der Waals surface area (Å²) in [4.78, 5) is 25.9. The van der Waals surface area contributed by atoms with Crippen LogP contribution in [-0.2, 0) is 38.0 Å². The molecule has 2 fully saturated rings. The molecule has 2 rings (SSSR count). The molecule has 0 amide bonds. The predicted octanol–water partition coefficient (Wildman–Crippen LogP) is 10.7. The Bertz CT molecular complexity index is 1400. The normalized spacial score (nSPS) is 24.6. The molecule has 2 aliphatic rings. The Morgan fingerprint density at radius 1 is 0.427 bits per heavy atom. The van der Waals surface area contributed by atoms with Crippen LogP contribution in [0, 0.1) is 0 Å². The molecule has 2 aliphatic heterocycles. The molecule has 0 aromatic carbocycles. The lowest BCUT2D eigenvalue weighted by Gasteiger charge is -2.42. The monoisotopic (exact) mass is 1070 g/mol. The highest BCUT2D eigenvalue weighted by atomic mass is 16.7. The van der Waals surface area contributed by atoms with Crippen LogP contribution in [0.3, 0.4) is 0 Å². The quantitative estimate of drug-likeness (QED) is 0.0171. The van der Waals surface area contributed by atoms with E-state index < -0.39 is 92.7 Å². The highest BCUT2D eigenvalue weighted by Gasteiger charge is 2.47. The Morgan fingerprint density at radius 3 is 1.27 bits per heavy atom. The van der Waals surface area contributed by atoms with Crippen LogP contribution in [0.25, 0.3) is 0 Å². The summed E-state index contributed by atoms with van der Waals surface area (Å²) in [6.07, 6.45) is 34.8. The third-order valence-corrected chi connectivity index (χ3v) is 14.7. The molecule has 0 aromatic heterocycles. The van der Waals surface area contributed by atoms with Crippen LogP contribution in [0.5, 0.6) is 0 Å². The van der Waals surface area contributed by atoms with Crippen molar-refractivity contribution >= 4 is 11.9 Å². The van der Waals surface area contributed by atoms with Crippen molar-refractivity contribution in [3.05, 3.63) is 24.3 Å². The Kier molecular flexibility index (Phi) is 43.2. The lowest BCUT2D eigenvalue weighted by molar-refractivity contribution is -0.332. The van der Waals surface area contributed by atoms with Crippen molar-refractivity contribution in [3.63, 3.8) is 0 Å². The van der Waals surface area contributed by atoms with Crippen molar-refractivity contribution in [1.82, 2.24) is 0 Å². The van der Waals surface area contributed by atoms with Crippen LogP contribution in [0.2, 0.25) is 0 Å². The van der Waals surface area contributed by atoms with Gasteiger partial charge in [0.15, 0.2) is 18.7 Å². The van der Waals surface area contributed by atoms with E-state index in [0.29, 0.717) is 12.8 Å². The Morgan fingerprint density at radius 2 is 0.800 bits per heavy atom. The van der Waals surface area contributed by atoms with E-state index in [-0.39, 0.29) is 26.1 Å². The second-order valence-corrected chi connectivity index (χ2v) is 21.5. The van der Waals surface area contributed by atoms with E-state index in [9.17, 15) is 45.3 Å². The first kappa shape index (κ1) is 69.1. The van der Waals surface area contributed by atoms with E-state index in [0.717, 1.165) is 57.8 Å². The van der Waals surface area contributed by atoms with E-state index in [1.807, 2.05) is 0 Å². The van der Waals surface area contributed by atoms with Crippen molar-refractivity contribution in [2.75, 3.05) is 26.4 Å². The molecule has 11 unspecified atom stereocenters. The number of allylic oxidation sites excluding steroid dienone is 4. The number of hydrogen-bond donors (Lipinski definition) is 7. The van der Waals surface area contributed by atoms with Gasteiger partial charge in [-0.2, -0.15) is 0 Å². The zero-order valence-electron chi connectivity index (χ0n) is 47.0. The van der Waals surface area contributed by atoms with Gasteiger partial charge in [-0.05, 0) is 44.9 Å². The number of aliphatic hydroxyl groups is 7. The highest BCUT2D eigenvalue weighted by Crippen LogP contribution is 2.27. The zero-order chi connectivity index (χ0) is 54.6. The maximum atomic E-state index is 13.1. The van der Waals surface area contributed by atoms with E-state index in [2.05, 4.69) is 38.2 Å². The van der Waals surface area contributed by atoms with Crippen molar-refractivity contribution in [1.29, 1.82) is 0 Å². The number of esters is 2. The van der Waals surface area contributed by atoms with Crippen molar-refractivity contribution in [2.24, 2.45) is 0 Å². The molecule has 2 heterocycles. The summed E-state index contributed by atoms with van der Waals surface area (Å²) in [5.74, 6) is -0.915. The highest BCUT2D eigenvalue weighted by molar-refractivity contribution is 5.70. The van der Waals surface area contributed by atoms with E-state index >= 15 is 0 Å². The molecule has 75 heavy (non-hydrogen) atoms. The molecule has 0 bridgehead atoms. The minimum Gasteiger partial charge on any atom is -0.462 e.